The van der Waals surface area contributed by atoms with Gasteiger partial charge in [-0.2, -0.15) is 0 Å². The minimum absolute atomic E-state index is 0.276. The molecule has 0 amide bonds. The Bertz CT molecular complexity index is 521. The quantitative estimate of drug-likeness (QED) is 0.825. The summed E-state index contributed by atoms with van der Waals surface area (Å²) in [5.74, 6) is 1.05. The van der Waals surface area contributed by atoms with E-state index in [0.29, 0.717) is 19.0 Å². The van der Waals surface area contributed by atoms with Gasteiger partial charge in [0.25, 0.3) is 0 Å². The van der Waals surface area contributed by atoms with Crippen molar-refractivity contribution in [3.8, 4) is 0 Å². The lowest BCUT2D eigenvalue weighted by Gasteiger charge is -2.30. The molecule has 1 aromatic carbocycles. The van der Waals surface area contributed by atoms with Crippen LogP contribution in [0.25, 0.3) is 0 Å². The van der Waals surface area contributed by atoms with E-state index in [-0.39, 0.29) is 11.5 Å². The highest BCUT2D eigenvalue weighted by atomic mass is 32.2. The summed E-state index contributed by atoms with van der Waals surface area (Å²) >= 11 is 0. The average molecular weight is 267 g/mol. The second-order valence-electron chi connectivity index (χ2n) is 5.34. The third-order valence-electron chi connectivity index (χ3n) is 3.58. The van der Waals surface area contributed by atoms with Gasteiger partial charge < -0.3 is 4.90 Å². The molecule has 2 rings (SSSR count). The molecule has 0 bridgehead atoms. The molecule has 0 atom stereocenters. The minimum Gasteiger partial charge on any atom is -0.369 e. The predicted octanol–water partition coefficient (Wildman–Crippen LogP) is 2.35. The Morgan fingerprint density at radius 1 is 1.17 bits per heavy atom. The number of nitrogens with zero attached hydrogens (tertiary/aromatic N) is 1. The van der Waals surface area contributed by atoms with Crippen molar-refractivity contribution in [2.24, 2.45) is 0 Å². The van der Waals surface area contributed by atoms with Crippen LogP contribution in [0.5, 0.6) is 0 Å². The highest BCUT2D eigenvalue weighted by Gasteiger charge is 2.22. The molecule has 0 N–H and O–H groups in total. The maximum atomic E-state index is 11.5. The minimum atomic E-state index is -2.80. The molecule has 1 aliphatic heterocycles. The van der Waals surface area contributed by atoms with Gasteiger partial charge in [0.05, 0.1) is 11.5 Å². The topological polar surface area (TPSA) is 37.4 Å². The Morgan fingerprint density at radius 2 is 1.78 bits per heavy atom. The molecular weight excluding hydrogens is 246 g/mol. The van der Waals surface area contributed by atoms with Crippen LogP contribution in [-0.4, -0.2) is 33.0 Å². The average Bonchev–Trinajstić information content (AvgIpc) is 2.30. The van der Waals surface area contributed by atoms with E-state index in [1.54, 1.807) is 0 Å². The van der Waals surface area contributed by atoms with Crippen molar-refractivity contribution < 1.29 is 8.42 Å². The van der Waals surface area contributed by atoms with Crippen molar-refractivity contribution in [2.45, 2.75) is 26.7 Å². The standard InChI is InChI=1S/C14H21NO2S/c1-11(2)13-5-4-12(3)14(10-13)15-6-8-18(16,17)9-7-15/h4-5,10-11H,6-9H2,1-3H3. The molecule has 1 aromatic rings. The Hall–Kier alpha value is -1.03. The monoisotopic (exact) mass is 267 g/mol. The number of hydrogen-bond acceptors (Lipinski definition) is 3. The number of hydrogen-bond donors (Lipinski definition) is 0. The van der Waals surface area contributed by atoms with Gasteiger partial charge in [-0.1, -0.05) is 26.0 Å². The molecule has 0 aromatic heterocycles. The van der Waals surface area contributed by atoms with Crippen LogP contribution in [0.2, 0.25) is 0 Å². The van der Waals surface area contributed by atoms with E-state index in [2.05, 4.69) is 43.9 Å². The molecule has 1 heterocycles. The van der Waals surface area contributed by atoms with E-state index >= 15 is 0 Å². The Morgan fingerprint density at radius 3 is 2.33 bits per heavy atom. The molecule has 1 fully saturated rings. The summed E-state index contributed by atoms with van der Waals surface area (Å²) in [6.07, 6.45) is 0. The van der Waals surface area contributed by atoms with Crippen LogP contribution in [0.15, 0.2) is 18.2 Å². The zero-order valence-corrected chi connectivity index (χ0v) is 12.1. The molecule has 1 saturated heterocycles. The number of sulfone groups is 1. The highest BCUT2D eigenvalue weighted by molar-refractivity contribution is 7.91. The fourth-order valence-electron chi connectivity index (χ4n) is 2.28. The van der Waals surface area contributed by atoms with Gasteiger partial charge in [-0.25, -0.2) is 8.42 Å². The molecule has 4 heteroatoms. The zero-order valence-electron chi connectivity index (χ0n) is 11.3. The lowest BCUT2D eigenvalue weighted by molar-refractivity contribution is 0.586. The first-order chi connectivity index (χ1) is 8.39. The van der Waals surface area contributed by atoms with Crippen LogP contribution < -0.4 is 4.90 Å². The van der Waals surface area contributed by atoms with Gasteiger partial charge in [0.2, 0.25) is 0 Å². The van der Waals surface area contributed by atoms with Gasteiger partial charge in [-0.05, 0) is 30.0 Å². The van der Waals surface area contributed by atoms with Crippen molar-refractivity contribution in [1.82, 2.24) is 0 Å². The van der Waals surface area contributed by atoms with Crippen LogP contribution in [0.3, 0.4) is 0 Å². The van der Waals surface area contributed by atoms with E-state index in [9.17, 15) is 8.42 Å². The SMILES string of the molecule is Cc1ccc(C(C)C)cc1N1CCS(=O)(=O)CC1. The summed E-state index contributed by atoms with van der Waals surface area (Å²) < 4.78 is 22.9. The van der Waals surface area contributed by atoms with Gasteiger partial charge in [-0.15, -0.1) is 0 Å². The number of anilines is 1. The van der Waals surface area contributed by atoms with E-state index in [1.807, 2.05) is 0 Å². The number of benzene rings is 1. The Labute approximate surface area is 110 Å². The number of rotatable bonds is 2. The van der Waals surface area contributed by atoms with Crippen molar-refractivity contribution in [3.05, 3.63) is 29.3 Å². The maximum Gasteiger partial charge on any atom is 0.153 e. The van der Waals surface area contributed by atoms with Gasteiger partial charge in [-0.3, -0.25) is 0 Å². The third kappa shape index (κ3) is 2.86. The first-order valence-electron chi connectivity index (χ1n) is 6.45. The van der Waals surface area contributed by atoms with Gasteiger partial charge in [0.1, 0.15) is 0 Å². The normalized spacial score (nSPS) is 19.2. The Balaban J connectivity index is 2.25. The molecule has 0 aliphatic carbocycles. The zero-order chi connectivity index (χ0) is 13.3. The molecule has 3 nitrogen and oxygen atoms in total. The second-order valence-corrected chi connectivity index (χ2v) is 7.64. The molecule has 0 unspecified atom stereocenters. The fraction of sp³-hybridized carbons (Fsp3) is 0.571. The predicted molar refractivity (Wildman–Crippen MR) is 76.1 cm³/mol. The Kier molecular flexibility index (Phi) is 3.66. The van der Waals surface area contributed by atoms with Gasteiger partial charge >= 0.3 is 0 Å². The van der Waals surface area contributed by atoms with Crippen LogP contribution in [-0.2, 0) is 9.84 Å². The van der Waals surface area contributed by atoms with Gasteiger partial charge in [0, 0.05) is 18.8 Å². The van der Waals surface area contributed by atoms with Crippen molar-refractivity contribution in [2.75, 3.05) is 29.5 Å². The second kappa shape index (κ2) is 4.92. The lowest BCUT2D eigenvalue weighted by atomic mass is 10.00. The summed E-state index contributed by atoms with van der Waals surface area (Å²) in [7, 11) is -2.80. The number of aryl methyl sites for hydroxylation is 1. The van der Waals surface area contributed by atoms with E-state index in [4.69, 9.17) is 0 Å². The molecule has 100 valence electrons. The third-order valence-corrected chi connectivity index (χ3v) is 5.19. The molecule has 0 radical (unpaired) electrons. The van der Waals surface area contributed by atoms with Crippen LogP contribution >= 0.6 is 0 Å². The molecule has 1 aliphatic rings. The van der Waals surface area contributed by atoms with E-state index in [1.165, 1.54) is 16.8 Å². The summed E-state index contributed by atoms with van der Waals surface area (Å²) in [6.45, 7) is 7.67. The molecule has 0 spiro atoms. The van der Waals surface area contributed by atoms with Crippen LogP contribution in [0.4, 0.5) is 5.69 Å². The first kappa shape index (κ1) is 13.4. The lowest BCUT2D eigenvalue weighted by Crippen LogP contribution is -2.40. The van der Waals surface area contributed by atoms with E-state index in [0.717, 1.165) is 0 Å². The van der Waals surface area contributed by atoms with Crippen molar-refractivity contribution >= 4 is 15.5 Å². The maximum absolute atomic E-state index is 11.5. The first-order valence-corrected chi connectivity index (χ1v) is 8.27. The van der Waals surface area contributed by atoms with E-state index < -0.39 is 9.84 Å². The van der Waals surface area contributed by atoms with Crippen LogP contribution in [0, 0.1) is 6.92 Å². The molecule has 18 heavy (non-hydrogen) atoms. The largest absolute Gasteiger partial charge is 0.369 e. The van der Waals surface area contributed by atoms with Crippen molar-refractivity contribution in [1.29, 1.82) is 0 Å². The molecule has 0 saturated carbocycles. The summed E-state index contributed by atoms with van der Waals surface area (Å²) in [6, 6.07) is 6.50. The summed E-state index contributed by atoms with van der Waals surface area (Å²) in [5, 5.41) is 0. The summed E-state index contributed by atoms with van der Waals surface area (Å²) in [5.41, 5.74) is 3.72. The highest BCUT2D eigenvalue weighted by Crippen LogP contribution is 2.26. The van der Waals surface area contributed by atoms with Gasteiger partial charge in [0.15, 0.2) is 9.84 Å². The molecular formula is C14H21NO2S. The fourth-order valence-corrected chi connectivity index (χ4v) is 3.48. The summed E-state index contributed by atoms with van der Waals surface area (Å²) in [4.78, 5) is 2.20. The van der Waals surface area contributed by atoms with Crippen LogP contribution in [0.1, 0.15) is 30.9 Å². The smallest absolute Gasteiger partial charge is 0.153 e. The van der Waals surface area contributed by atoms with Crippen molar-refractivity contribution in [3.63, 3.8) is 0 Å².